The minimum absolute atomic E-state index is 0.588. The van der Waals surface area contributed by atoms with E-state index in [0.717, 1.165) is 35.0 Å². The standard InChI is InChI=1S/C16H16N2OS/c1-3-8-19-15-6-4-13(5-7-15)9-14(10-17)16-18-12(2)11-20-16/h4-7,9,11H,3,8H2,1-2H3/b14-9+. The molecule has 0 spiro atoms. The summed E-state index contributed by atoms with van der Waals surface area (Å²) in [7, 11) is 0. The monoisotopic (exact) mass is 284 g/mol. The number of ether oxygens (including phenoxy) is 1. The van der Waals surface area contributed by atoms with E-state index in [4.69, 9.17) is 4.74 Å². The molecule has 0 unspecified atom stereocenters. The molecule has 0 fully saturated rings. The topological polar surface area (TPSA) is 45.9 Å². The molecule has 0 saturated carbocycles. The lowest BCUT2D eigenvalue weighted by Crippen LogP contribution is -1.94. The number of rotatable bonds is 5. The average molecular weight is 284 g/mol. The molecule has 0 N–H and O–H groups in total. The number of hydrogen-bond acceptors (Lipinski definition) is 4. The zero-order chi connectivity index (χ0) is 14.4. The number of hydrogen-bond donors (Lipinski definition) is 0. The average Bonchev–Trinajstić information content (AvgIpc) is 2.90. The molecule has 0 aliphatic heterocycles. The fourth-order valence-electron chi connectivity index (χ4n) is 1.67. The summed E-state index contributed by atoms with van der Waals surface area (Å²) >= 11 is 1.49. The van der Waals surface area contributed by atoms with Gasteiger partial charge in [0.05, 0.1) is 12.2 Å². The molecule has 0 bridgehead atoms. The molecular formula is C16H16N2OS. The molecule has 0 saturated heterocycles. The van der Waals surface area contributed by atoms with Crippen LogP contribution >= 0.6 is 11.3 Å². The van der Waals surface area contributed by atoms with Gasteiger partial charge in [-0.05, 0) is 37.1 Å². The van der Waals surface area contributed by atoms with Gasteiger partial charge in [0.15, 0.2) is 0 Å². The maximum Gasteiger partial charge on any atom is 0.134 e. The summed E-state index contributed by atoms with van der Waals surface area (Å²) < 4.78 is 5.53. The van der Waals surface area contributed by atoms with Crippen molar-refractivity contribution in [2.75, 3.05) is 6.61 Å². The number of aryl methyl sites for hydroxylation is 1. The van der Waals surface area contributed by atoms with Gasteiger partial charge in [0.25, 0.3) is 0 Å². The van der Waals surface area contributed by atoms with Gasteiger partial charge >= 0.3 is 0 Å². The molecule has 3 nitrogen and oxygen atoms in total. The van der Waals surface area contributed by atoms with Crippen LogP contribution in [0.1, 0.15) is 29.6 Å². The van der Waals surface area contributed by atoms with E-state index >= 15 is 0 Å². The van der Waals surface area contributed by atoms with Crippen molar-refractivity contribution in [3.63, 3.8) is 0 Å². The van der Waals surface area contributed by atoms with Crippen LogP contribution < -0.4 is 4.74 Å². The molecular weight excluding hydrogens is 268 g/mol. The molecule has 102 valence electrons. The highest BCUT2D eigenvalue weighted by atomic mass is 32.1. The fraction of sp³-hybridized carbons (Fsp3) is 0.250. The van der Waals surface area contributed by atoms with Gasteiger partial charge in [-0.15, -0.1) is 11.3 Å². The first kappa shape index (κ1) is 14.3. The Hall–Kier alpha value is -2.12. The number of allylic oxidation sites excluding steroid dienone is 1. The Labute approximate surface area is 123 Å². The van der Waals surface area contributed by atoms with E-state index in [1.54, 1.807) is 0 Å². The SMILES string of the molecule is CCCOc1ccc(/C=C(\C#N)c2nc(C)cs2)cc1. The van der Waals surface area contributed by atoms with Crippen LogP contribution in [0.25, 0.3) is 11.6 Å². The van der Waals surface area contributed by atoms with Gasteiger partial charge in [0.2, 0.25) is 0 Å². The van der Waals surface area contributed by atoms with Crippen LogP contribution in [0.3, 0.4) is 0 Å². The van der Waals surface area contributed by atoms with E-state index in [1.165, 1.54) is 11.3 Å². The maximum atomic E-state index is 9.24. The zero-order valence-electron chi connectivity index (χ0n) is 11.6. The second kappa shape index (κ2) is 6.88. The predicted octanol–water partition coefficient (Wildman–Crippen LogP) is 4.30. The van der Waals surface area contributed by atoms with E-state index in [-0.39, 0.29) is 0 Å². The van der Waals surface area contributed by atoms with Crippen molar-refractivity contribution >= 4 is 23.0 Å². The van der Waals surface area contributed by atoms with Crippen molar-refractivity contribution < 1.29 is 4.74 Å². The van der Waals surface area contributed by atoms with Crippen LogP contribution in [0.2, 0.25) is 0 Å². The van der Waals surface area contributed by atoms with E-state index < -0.39 is 0 Å². The summed E-state index contributed by atoms with van der Waals surface area (Å²) in [4.78, 5) is 4.34. The summed E-state index contributed by atoms with van der Waals surface area (Å²) in [6.45, 7) is 4.72. The Morgan fingerprint density at radius 1 is 1.40 bits per heavy atom. The third kappa shape index (κ3) is 3.69. The van der Waals surface area contributed by atoms with Crippen molar-refractivity contribution in [1.29, 1.82) is 5.26 Å². The largest absolute Gasteiger partial charge is 0.494 e. The van der Waals surface area contributed by atoms with Crippen LogP contribution in [-0.4, -0.2) is 11.6 Å². The van der Waals surface area contributed by atoms with Crippen LogP contribution in [0.5, 0.6) is 5.75 Å². The summed E-state index contributed by atoms with van der Waals surface area (Å²) in [6, 6.07) is 9.94. The molecule has 1 heterocycles. The Kier molecular flexibility index (Phi) is 4.91. The number of aromatic nitrogens is 1. The molecule has 0 amide bonds. The number of thiazole rings is 1. The molecule has 0 aliphatic carbocycles. The lowest BCUT2D eigenvalue weighted by atomic mass is 10.1. The fourth-order valence-corrected chi connectivity index (χ4v) is 2.43. The molecule has 2 rings (SSSR count). The van der Waals surface area contributed by atoms with Gasteiger partial charge in [0.1, 0.15) is 16.8 Å². The van der Waals surface area contributed by atoms with E-state index in [2.05, 4.69) is 18.0 Å². The smallest absolute Gasteiger partial charge is 0.134 e. The van der Waals surface area contributed by atoms with Gasteiger partial charge in [-0.3, -0.25) is 0 Å². The lowest BCUT2D eigenvalue weighted by molar-refractivity contribution is 0.317. The highest BCUT2D eigenvalue weighted by Gasteiger charge is 2.05. The predicted molar refractivity (Wildman–Crippen MR) is 82.6 cm³/mol. The molecule has 1 aromatic carbocycles. The second-order valence-corrected chi connectivity index (χ2v) is 5.24. The third-order valence-corrected chi connectivity index (χ3v) is 3.63. The number of nitrogens with zero attached hydrogens (tertiary/aromatic N) is 2. The lowest BCUT2D eigenvalue weighted by Gasteiger charge is -2.04. The maximum absolute atomic E-state index is 9.24. The van der Waals surface area contributed by atoms with E-state index in [9.17, 15) is 5.26 Å². The van der Waals surface area contributed by atoms with E-state index in [1.807, 2.05) is 42.6 Å². The third-order valence-electron chi connectivity index (χ3n) is 2.63. The summed E-state index contributed by atoms with van der Waals surface area (Å²) in [5.41, 5.74) is 2.50. The minimum atomic E-state index is 0.588. The highest BCUT2D eigenvalue weighted by molar-refractivity contribution is 7.11. The van der Waals surface area contributed by atoms with Crippen molar-refractivity contribution in [1.82, 2.24) is 4.98 Å². The summed E-state index contributed by atoms with van der Waals surface area (Å²) in [6.07, 6.45) is 2.84. The summed E-state index contributed by atoms with van der Waals surface area (Å²) in [5, 5.41) is 12.0. The van der Waals surface area contributed by atoms with Gasteiger partial charge < -0.3 is 4.74 Å². The van der Waals surface area contributed by atoms with Gasteiger partial charge in [-0.25, -0.2) is 4.98 Å². The first-order chi connectivity index (χ1) is 9.72. The van der Waals surface area contributed by atoms with Gasteiger partial charge in [0, 0.05) is 11.1 Å². The van der Waals surface area contributed by atoms with Crippen molar-refractivity contribution in [2.24, 2.45) is 0 Å². The van der Waals surface area contributed by atoms with Crippen LogP contribution in [0.4, 0.5) is 0 Å². The normalized spacial score (nSPS) is 11.2. The van der Waals surface area contributed by atoms with Gasteiger partial charge in [-0.1, -0.05) is 19.1 Å². The van der Waals surface area contributed by atoms with Crippen LogP contribution in [-0.2, 0) is 0 Å². The minimum Gasteiger partial charge on any atom is -0.494 e. The van der Waals surface area contributed by atoms with Gasteiger partial charge in [-0.2, -0.15) is 5.26 Å². The number of nitriles is 1. The molecule has 20 heavy (non-hydrogen) atoms. The van der Waals surface area contributed by atoms with Crippen LogP contribution in [0, 0.1) is 18.3 Å². The quantitative estimate of drug-likeness (QED) is 0.769. The van der Waals surface area contributed by atoms with Crippen molar-refractivity contribution in [2.45, 2.75) is 20.3 Å². The van der Waals surface area contributed by atoms with Crippen LogP contribution in [0.15, 0.2) is 29.6 Å². The second-order valence-electron chi connectivity index (χ2n) is 4.38. The zero-order valence-corrected chi connectivity index (χ0v) is 12.4. The molecule has 2 aromatic rings. The Balaban J connectivity index is 2.18. The summed E-state index contributed by atoms with van der Waals surface area (Å²) in [5.74, 6) is 0.854. The first-order valence-electron chi connectivity index (χ1n) is 6.50. The Morgan fingerprint density at radius 3 is 2.70 bits per heavy atom. The Bertz CT molecular complexity index is 635. The molecule has 4 heteroatoms. The van der Waals surface area contributed by atoms with E-state index in [0.29, 0.717) is 5.57 Å². The molecule has 1 aromatic heterocycles. The molecule has 0 atom stereocenters. The highest BCUT2D eigenvalue weighted by Crippen LogP contribution is 2.22. The Morgan fingerprint density at radius 2 is 2.15 bits per heavy atom. The van der Waals surface area contributed by atoms with Crippen molar-refractivity contribution in [3.8, 4) is 11.8 Å². The first-order valence-corrected chi connectivity index (χ1v) is 7.38. The molecule has 0 aliphatic rings. The number of benzene rings is 1. The van der Waals surface area contributed by atoms with Crippen molar-refractivity contribution in [3.05, 3.63) is 45.9 Å². The molecule has 0 radical (unpaired) electrons.